The number of pyridine rings is 1. The molecule has 3 aromatic rings. The molecule has 0 saturated heterocycles. The molecular formula is C27H31ClFN3O5S2. The van der Waals surface area contributed by atoms with Gasteiger partial charge in [-0.3, -0.25) is 14.1 Å². The van der Waals surface area contributed by atoms with E-state index in [4.69, 9.17) is 16.2 Å². The fourth-order valence-corrected chi connectivity index (χ4v) is 5.08. The molecule has 39 heavy (non-hydrogen) atoms. The van der Waals surface area contributed by atoms with Crippen LogP contribution in [-0.2, 0) is 35.7 Å². The van der Waals surface area contributed by atoms with E-state index in [0.29, 0.717) is 21.7 Å². The van der Waals surface area contributed by atoms with Crippen molar-refractivity contribution >= 4 is 39.6 Å². The van der Waals surface area contributed by atoms with Gasteiger partial charge in [-0.2, -0.15) is 0 Å². The standard InChI is InChI=1S/C27H31ClFN3O5S2/c1-16(31-38(35)27(2,3)4)20-14-25(33)32(5)15-23(20)21-12-18(10-11-30-39(36)37)24(29)13-22(21)26(34)17-6-8-19(28)9-7-17/h6-9,12-16,30-31H,10-11H2,1-5H3,(H,36,37)/t16-,38-/m0/s1. The summed E-state index contributed by atoms with van der Waals surface area (Å²) in [6.45, 7) is 7.21. The van der Waals surface area contributed by atoms with Gasteiger partial charge in [0.15, 0.2) is 5.78 Å². The Morgan fingerprint density at radius 3 is 2.36 bits per heavy atom. The smallest absolute Gasteiger partial charge is 0.250 e. The quantitative estimate of drug-likeness (QED) is 0.236. The molecule has 12 heteroatoms. The highest BCUT2D eigenvalue weighted by atomic mass is 35.5. The number of aromatic nitrogens is 1. The Labute approximate surface area is 237 Å². The maximum Gasteiger partial charge on any atom is 0.250 e. The second-order valence-electron chi connectivity index (χ2n) is 10.0. The minimum atomic E-state index is -2.27. The number of nitrogens with zero attached hydrogens (tertiary/aromatic N) is 1. The predicted molar refractivity (Wildman–Crippen MR) is 154 cm³/mol. The summed E-state index contributed by atoms with van der Waals surface area (Å²) >= 11 is 3.72. The maximum atomic E-state index is 15.3. The topological polar surface area (TPSA) is 118 Å². The Kier molecular flexibility index (Phi) is 10.1. The number of rotatable bonds is 10. The van der Waals surface area contributed by atoms with Crippen molar-refractivity contribution in [2.75, 3.05) is 6.54 Å². The predicted octanol–water partition coefficient (Wildman–Crippen LogP) is 4.46. The first-order chi connectivity index (χ1) is 18.2. The van der Waals surface area contributed by atoms with Crippen molar-refractivity contribution in [3.8, 4) is 11.1 Å². The largest absolute Gasteiger partial charge is 0.318 e. The third kappa shape index (κ3) is 7.77. The first-order valence-corrected chi connectivity index (χ1v) is 14.7. The molecule has 3 atom stereocenters. The second kappa shape index (κ2) is 12.8. The Morgan fingerprint density at radius 1 is 1.13 bits per heavy atom. The highest BCUT2D eigenvalue weighted by Gasteiger charge is 2.26. The van der Waals surface area contributed by atoms with Gasteiger partial charge in [0, 0.05) is 53.6 Å². The first-order valence-electron chi connectivity index (χ1n) is 12.0. The molecule has 1 unspecified atom stereocenters. The zero-order valence-corrected chi connectivity index (χ0v) is 24.6. The van der Waals surface area contributed by atoms with Crippen LogP contribution >= 0.6 is 11.6 Å². The molecule has 0 amide bonds. The summed E-state index contributed by atoms with van der Waals surface area (Å²) in [5.41, 5.74) is 1.55. The van der Waals surface area contributed by atoms with Crippen molar-refractivity contribution in [2.24, 2.45) is 7.05 Å². The molecule has 3 N–H and O–H groups in total. The van der Waals surface area contributed by atoms with Crippen LogP contribution in [0, 0.1) is 5.82 Å². The zero-order chi connectivity index (χ0) is 29.1. The van der Waals surface area contributed by atoms with Crippen molar-refractivity contribution in [2.45, 2.75) is 44.9 Å². The van der Waals surface area contributed by atoms with Gasteiger partial charge in [-0.1, -0.05) is 11.6 Å². The van der Waals surface area contributed by atoms with Gasteiger partial charge < -0.3 is 4.57 Å². The highest BCUT2D eigenvalue weighted by molar-refractivity contribution is 7.84. The molecular weight excluding hydrogens is 565 g/mol. The number of aryl methyl sites for hydroxylation is 1. The summed E-state index contributed by atoms with van der Waals surface area (Å²) < 4.78 is 54.3. The number of benzene rings is 2. The molecule has 0 bridgehead atoms. The van der Waals surface area contributed by atoms with Crippen LogP contribution in [-0.4, -0.2) is 34.6 Å². The molecule has 1 heterocycles. The number of nitrogens with one attached hydrogen (secondary N) is 2. The van der Waals surface area contributed by atoms with Gasteiger partial charge in [0.25, 0.3) is 5.56 Å². The number of hydrogen-bond donors (Lipinski definition) is 3. The van der Waals surface area contributed by atoms with Crippen LogP contribution in [0.1, 0.15) is 60.8 Å². The SMILES string of the molecule is C[C@H](N[S@@](=O)C(C)(C)C)c1cc(=O)n(C)cc1-c1cc(CCNS(=O)O)c(F)cc1C(=O)c1ccc(Cl)cc1. The summed E-state index contributed by atoms with van der Waals surface area (Å²) in [5, 5.41) is 0.439. The van der Waals surface area contributed by atoms with Crippen LogP contribution < -0.4 is 15.0 Å². The molecule has 8 nitrogen and oxygen atoms in total. The number of halogens is 2. The van der Waals surface area contributed by atoms with Gasteiger partial charge in [-0.15, -0.1) is 0 Å². The van der Waals surface area contributed by atoms with Crippen LogP contribution in [0.2, 0.25) is 5.02 Å². The van der Waals surface area contributed by atoms with E-state index in [9.17, 15) is 18.0 Å². The Morgan fingerprint density at radius 2 is 1.77 bits per heavy atom. The average molecular weight is 596 g/mol. The molecule has 0 spiro atoms. The van der Waals surface area contributed by atoms with Gasteiger partial charge in [0.2, 0.25) is 11.3 Å². The summed E-state index contributed by atoms with van der Waals surface area (Å²) in [6.07, 6.45) is 1.62. The van der Waals surface area contributed by atoms with Gasteiger partial charge in [0.05, 0.1) is 15.7 Å². The Balaban J connectivity index is 2.24. The van der Waals surface area contributed by atoms with Gasteiger partial charge >= 0.3 is 0 Å². The molecule has 2 aromatic carbocycles. The minimum Gasteiger partial charge on any atom is -0.318 e. The van der Waals surface area contributed by atoms with Crippen LogP contribution in [0.4, 0.5) is 4.39 Å². The number of carbonyl (C=O) groups is 1. The van der Waals surface area contributed by atoms with E-state index in [1.54, 1.807) is 44.4 Å². The Bertz CT molecular complexity index is 1490. The number of carbonyl (C=O) groups excluding carboxylic acids is 1. The van der Waals surface area contributed by atoms with E-state index in [1.807, 2.05) is 20.8 Å². The van der Waals surface area contributed by atoms with Crippen LogP contribution in [0.15, 0.2) is 53.5 Å². The minimum absolute atomic E-state index is 0.00655. The van der Waals surface area contributed by atoms with Gasteiger partial charge in [-0.25, -0.2) is 22.3 Å². The molecule has 3 rings (SSSR count). The lowest BCUT2D eigenvalue weighted by Gasteiger charge is -2.24. The molecule has 0 aliphatic rings. The molecule has 0 radical (unpaired) electrons. The van der Waals surface area contributed by atoms with E-state index in [0.717, 1.165) is 6.07 Å². The van der Waals surface area contributed by atoms with E-state index in [-0.39, 0.29) is 35.2 Å². The lowest BCUT2D eigenvalue weighted by molar-refractivity contribution is 0.103. The third-order valence-electron chi connectivity index (χ3n) is 6.01. The van der Waals surface area contributed by atoms with Crippen LogP contribution in [0.3, 0.4) is 0 Å². The maximum absolute atomic E-state index is 15.3. The van der Waals surface area contributed by atoms with E-state index >= 15 is 4.39 Å². The average Bonchev–Trinajstić information content (AvgIpc) is 2.85. The molecule has 0 fully saturated rings. The Hall–Kier alpha value is -2.54. The summed E-state index contributed by atoms with van der Waals surface area (Å²) in [5.74, 6) is -1.12. The van der Waals surface area contributed by atoms with Crippen molar-refractivity contribution < 1.29 is 22.2 Å². The molecule has 1 aromatic heterocycles. The lowest BCUT2D eigenvalue weighted by Crippen LogP contribution is -2.35. The van der Waals surface area contributed by atoms with Crippen LogP contribution in [0.25, 0.3) is 11.1 Å². The number of hydrogen-bond acceptors (Lipinski definition) is 4. The molecule has 210 valence electrons. The van der Waals surface area contributed by atoms with Gasteiger partial charge in [0.1, 0.15) is 5.82 Å². The van der Waals surface area contributed by atoms with E-state index < -0.39 is 44.6 Å². The zero-order valence-electron chi connectivity index (χ0n) is 22.2. The third-order valence-corrected chi connectivity index (χ3v) is 8.40. The van der Waals surface area contributed by atoms with Crippen molar-refractivity contribution in [3.05, 3.63) is 92.1 Å². The monoisotopic (exact) mass is 595 g/mol. The van der Waals surface area contributed by atoms with Crippen molar-refractivity contribution in [1.29, 1.82) is 0 Å². The summed E-state index contributed by atoms with van der Waals surface area (Å²) in [6, 6.07) is 9.69. The molecule has 0 saturated carbocycles. The molecule has 0 aliphatic heterocycles. The van der Waals surface area contributed by atoms with Crippen LogP contribution in [0.5, 0.6) is 0 Å². The fourth-order valence-electron chi connectivity index (χ4n) is 3.88. The molecule has 0 aliphatic carbocycles. The van der Waals surface area contributed by atoms with Crippen molar-refractivity contribution in [3.63, 3.8) is 0 Å². The van der Waals surface area contributed by atoms with Crippen molar-refractivity contribution in [1.82, 2.24) is 14.0 Å². The highest BCUT2D eigenvalue weighted by Crippen LogP contribution is 2.34. The fraction of sp³-hybridized carbons (Fsp3) is 0.333. The van der Waals surface area contributed by atoms with Gasteiger partial charge in [-0.05, 0) is 87.2 Å². The lowest BCUT2D eigenvalue weighted by atomic mass is 9.88. The number of ketones is 1. The second-order valence-corrected chi connectivity index (χ2v) is 13.3. The summed E-state index contributed by atoms with van der Waals surface area (Å²) in [7, 11) is 0.0955. The van der Waals surface area contributed by atoms with E-state index in [1.165, 1.54) is 16.7 Å². The summed E-state index contributed by atoms with van der Waals surface area (Å²) in [4.78, 5) is 26.3. The first kappa shape index (κ1) is 31.0. The normalized spacial score (nSPS) is 14.2. The van der Waals surface area contributed by atoms with E-state index in [2.05, 4.69) is 9.44 Å².